The van der Waals surface area contributed by atoms with Crippen molar-refractivity contribution in [3.05, 3.63) is 74.2 Å². The summed E-state index contributed by atoms with van der Waals surface area (Å²) in [5.74, 6) is 0.453. The van der Waals surface area contributed by atoms with Crippen LogP contribution in [-0.4, -0.2) is 29.5 Å². The summed E-state index contributed by atoms with van der Waals surface area (Å²) in [7, 11) is 1.40. The first kappa shape index (κ1) is 22.0. The van der Waals surface area contributed by atoms with Crippen LogP contribution in [0.1, 0.15) is 28.5 Å². The van der Waals surface area contributed by atoms with Crippen LogP contribution in [0.4, 0.5) is 5.69 Å². The van der Waals surface area contributed by atoms with Crippen molar-refractivity contribution in [1.82, 2.24) is 10.3 Å². The maximum atomic E-state index is 12.7. The van der Waals surface area contributed by atoms with Crippen LogP contribution in [0.15, 0.2) is 47.3 Å². The van der Waals surface area contributed by atoms with Crippen LogP contribution < -0.4 is 19.5 Å². The molecule has 0 aliphatic carbocycles. The molecule has 0 saturated heterocycles. The Balaban J connectivity index is 1.79. The summed E-state index contributed by atoms with van der Waals surface area (Å²) in [5.41, 5.74) is 2.65. The van der Waals surface area contributed by atoms with Gasteiger partial charge in [0.25, 0.3) is 11.6 Å². The Morgan fingerprint density at radius 1 is 1.23 bits per heavy atom. The Morgan fingerprint density at radius 3 is 2.74 bits per heavy atom. The van der Waals surface area contributed by atoms with Crippen molar-refractivity contribution >= 4 is 22.9 Å². The van der Waals surface area contributed by atoms with Crippen molar-refractivity contribution in [2.75, 3.05) is 13.7 Å². The van der Waals surface area contributed by atoms with Crippen LogP contribution in [0.3, 0.4) is 0 Å². The first-order valence-corrected chi connectivity index (χ1v) is 10.3. The summed E-state index contributed by atoms with van der Waals surface area (Å²) in [6.45, 7) is 2.71. The predicted octanol–water partition coefficient (Wildman–Crippen LogP) is 3.97. The van der Waals surface area contributed by atoms with Crippen LogP contribution in [-0.2, 0) is 13.2 Å². The summed E-state index contributed by atoms with van der Waals surface area (Å²) in [6, 6.07) is 9.75. The standard InChI is InChI=1S/C21H21N3O6S/c1-3-29-16-6-4-5-14(7-16)10-22-21(25)17-8-19(28-2)20(9-18(17)24(26)27)30-11-15-12-31-13-23-15/h4-9,12-13H,3,10-11H2,1-2H3,(H,22,25). The van der Waals surface area contributed by atoms with Gasteiger partial charge >= 0.3 is 0 Å². The van der Waals surface area contributed by atoms with Crippen molar-refractivity contribution in [2.24, 2.45) is 0 Å². The minimum Gasteiger partial charge on any atom is -0.494 e. The molecule has 0 radical (unpaired) electrons. The number of nitrogens with zero attached hydrogens (tertiary/aromatic N) is 2. The fourth-order valence-electron chi connectivity index (χ4n) is 2.80. The number of nitro groups is 1. The van der Waals surface area contributed by atoms with Crippen molar-refractivity contribution < 1.29 is 23.9 Å². The molecule has 10 heteroatoms. The maximum absolute atomic E-state index is 12.7. The molecule has 0 spiro atoms. The highest BCUT2D eigenvalue weighted by Gasteiger charge is 2.25. The number of aromatic nitrogens is 1. The number of hydrogen-bond acceptors (Lipinski definition) is 8. The number of amides is 1. The van der Waals surface area contributed by atoms with E-state index in [4.69, 9.17) is 14.2 Å². The largest absolute Gasteiger partial charge is 0.494 e. The number of carbonyl (C=O) groups is 1. The number of benzene rings is 2. The van der Waals surface area contributed by atoms with Gasteiger partial charge in [0.05, 0.1) is 35.9 Å². The SMILES string of the molecule is CCOc1cccc(CNC(=O)c2cc(OC)c(OCc3cscn3)cc2[N+](=O)[O-])c1. The molecular weight excluding hydrogens is 422 g/mol. The molecule has 0 unspecified atom stereocenters. The van der Waals surface area contributed by atoms with Crippen LogP contribution in [0.25, 0.3) is 0 Å². The molecule has 0 bridgehead atoms. The molecule has 3 aromatic rings. The predicted molar refractivity (Wildman–Crippen MR) is 115 cm³/mol. The lowest BCUT2D eigenvalue weighted by atomic mass is 10.1. The summed E-state index contributed by atoms with van der Waals surface area (Å²) in [5, 5.41) is 16.1. The highest BCUT2D eigenvalue weighted by molar-refractivity contribution is 7.07. The third-order valence-corrected chi connectivity index (χ3v) is 4.88. The van der Waals surface area contributed by atoms with E-state index in [-0.39, 0.29) is 35.9 Å². The molecule has 1 aromatic heterocycles. The summed E-state index contributed by atoms with van der Waals surface area (Å²) in [4.78, 5) is 27.8. The van der Waals surface area contributed by atoms with Crippen molar-refractivity contribution in [3.8, 4) is 17.2 Å². The Labute approximate surface area is 182 Å². The quantitative estimate of drug-likeness (QED) is 0.373. The molecule has 2 aromatic carbocycles. The van der Waals surface area contributed by atoms with E-state index < -0.39 is 10.8 Å². The second-order valence-electron chi connectivity index (χ2n) is 6.31. The van der Waals surface area contributed by atoms with Gasteiger partial charge in [-0.25, -0.2) is 4.98 Å². The fourth-order valence-corrected chi connectivity index (χ4v) is 3.35. The van der Waals surface area contributed by atoms with Gasteiger partial charge in [0.2, 0.25) is 0 Å². The average Bonchev–Trinajstić information content (AvgIpc) is 3.29. The minimum atomic E-state index is -0.625. The molecule has 162 valence electrons. The van der Waals surface area contributed by atoms with Gasteiger partial charge in [-0.2, -0.15) is 0 Å². The van der Waals surface area contributed by atoms with Gasteiger partial charge < -0.3 is 19.5 Å². The van der Waals surface area contributed by atoms with Gasteiger partial charge in [-0.15, -0.1) is 11.3 Å². The third kappa shape index (κ3) is 5.70. The number of methoxy groups -OCH3 is 1. The van der Waals surface area contributed by atoms with Gasteiger partial charge in [-0.3, -0.25) is 14.9 Å². The Hall–Kier alpha value is -3.66. The zero-order valence-corrected chi connectivity index (χ0v) is 17.8. The Kier molecular flexibility index (Phi) is 7.39. The second kappa shape index (κ2) is 10.4. The lowest BCUT2D eigenvalue weighted by Gasteiger charge is -2.13. The molecule has 0 atom stereocenters. The summed E-state index contributed by atoms with van der Waals surface area (Å²) >= 11 is 1.41. The topological polar surface area (TPSA) is 113 Å². The molecule has 3 rings (SSSR count). The van der Waals surface area contributed by atoms with E-state index in [1.165, 1.54) is 30.6 Å². The van der Waals surface area contributed by atoms with Crippen LogP contribution in [0.5, 0.6) is 17.2 Å². The third-order valence-electron chi connectivity index (χ3n) is 4.24. The minimum absolute atomic E-state index is 0.121. The number of nitro benzene ring substituents is 1. The second-order valence-corrected chi connectivity index (χ2v) is 7.03. The Bertz CT molecular complexity index is 1060. The van der Waals surface area contributed by atoms with E-state index in [0.717, 1.165) is 5.56 Å². The molecule has 1 heterocycles. The number of hydrogen-bond donors (Lipinski definition) is 1. The van der Waals surface area contributed by atoms with Crippen LogP contribution >= 0.6 is 11.3 Å². The maximum Gasteiger partial charge on any atom is 0.286 e. The van der Waals surface area contributed by atoms with Gasteiger partial charge in [-0.1, -0.05) is 12.1 Å². The smallest absolute Gasteiger partial charge is 0.286 e. The molecule has 0 aliphatic heterocycles. The van der Waals surface area contributed by atoms with Crippen molar-refractivity contribution in [2.45, 2.75) is 20.1 Å². The van der Waals surface area contributed by atoms with E-state index in [9.17, 15) is 14.9 Å². The number of carbonyl (C=O) groups excluding carboxylic acids is 1. The van der Waals surface area contributed by atoms with E-state index in [1.807, 2.05) is 30.5 Å². The molecule has 0 fully saturated rings. The molecule has 0 aliphatic rings. The first-order chi connectivity index (χ1) is 15.0. The molecule has 1 N–H and O–H groups in total. The van der Waals surface area contributed by atoms with E-state index in [1.54, 1.807) is 11.6 Å². The highest BCUT2D eigenvalue weighted by atomic mass is 32.1. The van der Waals surface area contributed by atoms with Gasteiger partial charge in [0.1, 0.15) is 17.9 Å². The van der Waals surface area contributed by atoms with E-state index in [2.05, 4.69) is 10.3 Å². The number of ether oxygens (including phenoxy) is 3. The highest BCUT2D eigenvalue weighted by Crippen LogP contribution is 2.35. The fraction of sp³-hybridized carbons (Fsp3) is 0.238. The zero-order valence-electron chi connectivity index (χ0n) is 17.0. The number of thiazole rings is 1. The van der Waals surface area contributed by atoms with Crippen LogP contribution in [0.2, 0.25) is 0 Å². The monoisotopic (exact) mass is 443 g/mol. The molecule has 31 heavy (non-hydrogen) atoms. The van der Waals surface area contributed by atoms with Crippen molar-refractivity contribution in [3.63, 3.8) is 0 Å². The van der Waals surface area contributed by atoms with Gasteiger partial charge in [0.15, 0.2) is 11.5 Å². The lowest BCUT2D eigenvalue weighted by Crippen LogP contribution is -2.24. The van der Waals surface area contributed by atoms with E-state index >= 15 is 0 Å². The number of rotatable bonds is 10. The molecule has 9 nitrogen and oxygen atoms in total. The normalized spacial score (nSPS) is 10.4. The van der Waals surface area contributed by atoms with Gasteiger partial charge in [0, 0.05) is 18.0 Å². The van der Waals surface area contributed by atoms with Crippen molar-refractivity contribution in [1.29, 1.82) is 0 Å². The van der Waals surface area contributed by atoms with E-state index in [0.29, 0.717) is 18.1 Å². The molecule has 0 saturated carbocycles. The summed E-state index contributed by atoms with van der Waals surface area (Å²) < 4.78 is 16.4. The Morgan fingerprint density at radius 2 is 2.06 bits per heavy atom. The zero-order chi connectivity index (χ0) is 22.2. The lowest BCUT2D eigenvalue weighted by molar-refractivity contribution is -0.385. The first-order valence-electron chi connectivity index (χ1n) is 9.38. The molecule has 1 amide bonds. The van der Waals surface area contributed by atoms with Crippen LogP contribution in [0, 0.1) is 10.1 Å². The average molecular weight is 443 g/mol. The molecular formula is C21H21N3O6S. The summed E-state index contributed by atoms with van der Waals surface area (Å²) in [6.07, 6.45) is 0. The number of nitrogens with one attached hydrogen (secondary N) is 1. The van der Waals surface area contributed by atoms with Gasteiger partial charge in [-0.05, 0) is 24.6 Å².